The Balaban J connectivity index is 0.577. The molecule has 0 saturated heterocycles. The van der Waals surface area contributed by atoms with E-state index < -0.39 is 16.2 Å². The molecule has 2 heteroatoms. The smallest absolute Gasteiger partial charge is 0.0725 e. The van der Waals surface area contributed by atoms with Crippen LogP contribution in [0.25, 0.3) is 155 Å². The molecule has 2 spiro atoms. The van der Waals surface area contributed by atoms with Crippen LogP contribution in [0.3, 0.4) is 0 Å². The summed E-state index contributed by atoms with van der Waals surface area (Å²) in [5.74, 6) is 0. The molecule has 0 heterocycles. The minimum absolute atomic E-state index is 0.204. The zero-order valence-corrected chi connectivity index (χ0v) is 76.9. The number of benzene rings is 22. The van der Waals surface area contributed by atoms with Gasteiger partial charge in [-0.3, -0.25) is 0 Å². The highest BCUT2D eigenvalue weighted by molar-refractivity contribution is 6.15. The molecule has 2 nitrogen and oxygen atoms in total. The van der Waals surface area contributed by atoms with Crippen LogP contribution in [-0.2, 0) is 28.1 Å². The van der Waals surface area contributed by atoms with Gasteiger partial charge < -0.3 is 9.80 Å². The molecule has 0 saturated carbocycles. The van der Waals surface area contributed by atoms with Crippen molar-refractivity contribution in [3.63, 3.8) is 0 Å². The lowest BCUT2D eigenvalue weighted by Gasteiger charge is -2.32. The third-order valence-electron chi connectivity index (χ3n) is 32.0. The predicted molar refractivity (Wildman–Crippen MR) is 576 cm³/mol. The first-order valence-electron chi connectivity index (χ1n) is 48.6. The lowest BCUT2D eigenvalue weighted by molar-refractivity contribution is 0.583. The van der Waals surface area contributed by atoms with Crippen LogP contribution in [0.2, 0.25) is 0 Å². The Kier molecular flexibility index (Phi) is 17.6. The Morgan fingerprint density at radius 2 is 0.471 bits per heavy atom. The van der Waals surface area contributed by atoms with Crippen molar-refractivity contribution < 1.29 is 0 Å². The van der Waals surface area contributed by atoms with Crippen molar-refractivity contribution in [1.29, 1.82) is 0 Å². The fraction of sp³-hybridized carbons (Fsp3) is 0.0588. The number of fused-ring (bicyclic) bond motifs is 29. The summed E-state index contributed by atoms with van der Waals surface area (Å²) >= 11 is 0. The van der Waals surface area contributed by atoms with Crippen LogP contribution >= 0.6 is 0 Å². The van der Waals surface area contributed by atoms with E-state index in [-0.39, 0.29) is 5.41 Å². The number of rotatable bonds is 14. The first-order valence-corrected chi connectivity index (χ1v) is 48.6. The van der Waals surface area contributed by atoms with Gasteiger partial charge in [0, 0.05) is 44.0 Å². The van der Waals surface area contributed by atoms with Gasteiger partial charge in [0.15, 0.2) is 0 Å². The number of hydrogen-bond acceptors (Lipinski definition) is 2. The second-order valence-electron chi connectivity index (χ2n) is 39.1. The molecule has 1 atom stereocenters. The van der Waals surface area contributed by atoms with Crippen molar-refractivity contribution in [2.75, 3.05) is 9.80 Å². The van der Waals surface area contributed by atoms with Crippen LogP contribution < -0.4 is 9.80 Å². The zero-order valence-electron chi connectivity index (χ0n) is 76.9. The third kappa shape index (κ3) is 11.2. The van der Waals surface area contributed by atoms with Gasteiger partial charge in [-0.1, -0.05) is 464 Å². The molecule has 6 aliphatic rings. The molecule has 0 aliphatic heterocycles. The summed E-state index contributed by atoms with van der Waals surface area (Å²) in [6.07, 6.45) is 0.756. The topological polar surface area (TPSA) is 6.48 Å². The zero-order chi connectivity index (χ0) is 91.3. The molecule has 28 rings (SSSR count). The first-order chi connectivity index (χ1) is 68.1. The lowest BCUT2D eigenvalue weighted by atomic mass is 9.70. The number of para-hydroxylation sites is 5. The van der Waals surface area contributed by atoms with Crippen LogP contribution in [0.15, 0.2) is 491 Å². The Bertz CT molecular complexity index is 8830. The van der Waals surface area contributed by atoms with Crippen LogP contribution in [0, 0.1) is 0 Å². The fourth-order valence-corrected chi connectivity index (χ4v) is 26.3. The molecule has 0 amide bonds. The number of hydrogen-bond donors (Lipinski definition) is 0. The van der Waals surface area contributed by atoms with E-state index >= 15 is 0 Å². The summed E-state index contributed by atoms with van der Waals surface area (Å²) in [5.41, 5.74) is 51.5. The maximum Gasteiger partial charge on any atom is 0.0725 e. The first kappa shape index (κ1) is 79.5. The van der Waals surface area contributed by atoms with E-state index in [0.29, 0.717) is 0 Å². The SMILES string of the molecule is CC1(C)c2ccccc2-c2c(-c3ccccc3N(c3ccccc3-c3ccc4c(c3)-c3ccccc3C43c4ccccc4-c4ccccc43)c3ccccc3-c3ccccc3-c3cccc(CC4(C)c5ccccc5-c5c(-c6ccccc6N(c6ccccc6-c6ccc7c(c6)-c6ccccc6C76c7ccccc7-c7ccccc76)c6cccc7c6ccc6ccccc67)cccc54)c3)cccc21. The Hall–Kier alpha value is -17.0. The molecule has 22 aromatic rings. The molecule has 22 aromatic carbocycles. The molecular formula is C136H92N2. The van der Waals surface area contributed by atoms with Gasteiger partial charge in [0.2, 0.25) is 0 Å². The summed E-state index contributed by atoms with van der Waals surface area (Å²) in [5, 5.41) is 4.83. The van der Waals surface area contributed by atoms with Crippen molar-refractivity contribution in [3.05, 3.63) is 564 Å². The van der Waals surface area contributed by atoms with E-state index in [9.17, 15) is 0 Å². The van der Waals surface area contributed by atoms with Gasteiger partial charge in [-0.05, 0) is 249 Å². The van der Waals surface area contributed by atoms with E-state index in [2.05, 4.69) is 522 Å². The van der Waals surface area contributed by atoms with Gasteiger partial charge in [0.1, 0.15) is 0 Å². The third-order valence-corrected chi connectivity index (χ3v) is 32.0. The average molecular weight is 1750 g/mol. The summed E-state index contributed by atoms with van der Waals surface area (Å²) in [6, 6.07) is 187. The number of anilines is 6. The van der Waals surface area contributed by atoms with Crippen molar-refractivity contribution in [1.82, 2.24) is 0 Å². The van der Waals surface area contributed by atoms with Crippen molar-refractivity contribution in [2.24, 2.45) is 0 Å². The quantitative estimate of drug-likeness (QED) is 0.100. The Morgan fingerprint density at radius 1 is 0.167 bits per heavy atom. The van der Waals surface area contributed by atoms with Crippen LogP contribution in [-0.4, -0.2) is 0 Å². The van der Waals surface area contributed by atoms with E-state index in [1.165, 1.54) is 172 Å². The molecule has 0 radical (unpaired) electrons. The molecule has 0 aromatic heterocycles. The minimum atomic E-state index is -0.470. The van der Waals surface area contributed by atoms with Gasteiger partial charge >= 0.3 is 0 Å². The van der Waals surface area contributed by atoms with Crippen molar-refractivity contribution in [2.45, 2.75) is 48.9 Å². The molecule has 6 aliphatic carbocycles. The molecule has 0 N–H and O–H groups in total. The second-order valence-corrected chi connectivity index (χ2v) is 39.1. The summed E-state index contributed by atoms with van der Waals surface area (Å²) in [6.45, 7) is 7.29. The highest BCUT2D eigenvalue weighted by Gasteiger charge is 2.54. The van der Waals surface area contributed by atoms with Crippen LogP contribution in [0.4, 0.5) is 34.1 Å². The molecule has 646 valence electrons. The van der Waals surface area contributed by atoms with E-state index in [0.717, 1.165) is 96.2 Å². The van der Waals surface area contributed by atoms with Gasteiger partial charge in [-0.25, -0.2) is 0 Å². The van der Waals surface area contributed by atoms with Gasteiger partial charge in [0.25, 0.3) is 0 Å². The molecule has 1 unspecified atom stereocenters. The molecular weight excluding hydrogens is 1660 g/mol. The van der Waals surface area contributed by atoms with E-state index in [4.69, 9.17) is 0 Å². The molecule has 0 bridgehead atoms. The fourth-order valence-electron chi connectivity index (χ4n) is 26.3. The van der Waals surface area contributed by atoms with Gasteiger partial charge in [0.05, 0.1) is 45.0 Å². The lowest BCUT2D eigenvalue weighted by Crippen LogP contribution is -2.25. The Labute approximate surface area is 805 Å². The monoisotopic (exact) mass is 1750 g/mol. The van der Waals surface area contributed by atoms with Gasteiger partial charge in [-0.2, -0.15) is 0 Å². The van der Waals surface area contributed by atoms with Crippen molar-refractivity contribution >= 4 is 55.7 Å². The van der Waals surface area contributed by atoms with Crippen LogP contribution in [0.5, 0.6) is 0 Å². The highest BCUT2D eigenvalue weighted by atomic mass is 15.2. The summed E-state index contributed by atoms with van der Waals surface area (Å²) < 4.78 is 0. The Morgan fingerprint density at radius 3 is 0.964 bits per heavy atom. The number of nitrogens with zero attached hydrogens (tertiary/aromatic N) is 2. The predicted octanol–water partition coefficient (Wildman–Crippen LogP) is 35.5. The van der Waals surface area contributed by atoms with E-state index in [1.807, 2.05) is 0 Å². The molecule has 0 fully saturated rings. The minimum Gasteiger partial charge on any atom is -0.309 e. The summed E-state index contributed by atoms with van der Waals surface area (Å²) in [7, 11) is 0. The average Bonchev–Trinajstić information content (AvgIpc) is 1.51. The largest absolute Gasteiger partial charge is 0.309 e. The normalized spacial score (nSPS) is 14.7. The van der Waals surface area contributed by atoms with E-state index in [1.54, 1.807) is 0 Å². The highest BCUT2D eigenvalue weighted by Crippen LogP contribution is 2.67. The second kappa shape index (κ2) is 30.5. The maximum atomic E-state index is 2.60. The van der Waals surface area contributed by atoms with Crippen LogP contribution in [0.1, 0.15) is 93.1 Å². The van der Waals surface area contributed by atoms with Gasteiger partial charge in [-0.15, -0.1) is 0 Å². The maximum absolute atomic E-state index is 2.60. The standard InChI is InChI=1S/C136H92N2/c1-133(2)113-60-21-14-55-109(113)131-107(58-35-68-123(131)133)104-53-19-32-73-128(104)137(125-70-29-16-43-93(125)89-77-80-121-111(83-89)101-50-12-27-66-119(101)135(121)115-62-23-8-46-97(115)98-47-9-24-63-116(98)135)127-72-31-18-52-103(127)95-45-7-6-42-92(95)88-40-34-38-86(82-88)85-134(3)114-61-22-15-56-110(114)132-108(59-36-69-124(132)134)105-54-20-33-74-129(105)138(130-75-37-57-96-91-41-5-4-39-87(91)76-79-106(96)130)126-71-30-17-44-94(126)90-78-81-122-112(84-90)102-51-13-28-67-120(102)136(122)117-64-25-10-48-99(117)100-49-11-26-65-118(100)136/h4-84H,85H2,1-3H3. The van der Waals surface area contributed by atoms with Crippen molar-refractivity contribution in [3.8, 4) is 134 Å². The molecule has 138 heavy (non-hydrogen) atoms. The summed E-state index contributed by atoms with van der Waals surface area (Å²) in [4.78, 5) is 5.20.